The number of anilines is 1. The Morgan fingerprint density at radius 2 is 1.74 bits per heavy atom. The van der Waals surface area contributed by atoms with Crippen LogP contribution in [0.15, 0.2) is 15.3 Å². The lowest BCUT2D eigenvalue weighted by molar-refractivity contribution is 0.0427. The average molecular weight is 570 g/mol. The van der Waals surface area contributed by atoms with Gasteiger partial charge < -0.3 is 14.5 Å². The molecule has 3 heterocycles. The van der Waals surface area contributed by atoms with Crippen LogP contribution in [0.5, 0.6) is 0 Å². The van der Waals surface area contributed by atoms with E-state index in [1.54, 1.807) is 47.7 Å². The first kappa shape index (κ1) is 25.4. The van der Waals surface area contributed by atoms with Crippen LogP contribution in [0.25, 0.3) is 22.6 Å². The highest BCUT2D eigenvalue weighted by atomic mass is 79.9. The molecule has 1 atom stereocenters. The first-order valence-electron chi connectivity index (χ1n) is 11.0. The average Bonchev–Trinajstić information content (AvgIpc) is 3.28. The smallest absolute Gasteiger partial charge is 0.425 e. The number of nitrogens with zero attached hydrogens (tertiary/aromatic N) is 5. The Kier molecular flexibility index (Phi) is 6.56. The molecule has 1 saturated carbocycles. The summed E-state index contributed by atoms with van der Waals surface area (Å²) < 4.78 is 16.4. The van der Waals surface area contributed by atoms with Crippen LogP contribution in [0.1, 0.15) is 65.5 Å². The van der Waals surface area contributed by atoms with Crippen molar-refractivity contribution in [2.24, 2.45) is 5.92 Å². The van der Waals surface area contributed by atoms with E-state index < -0.39 is 23.4 Å². The summed E-state index contributed by atoms with van der Waals surface area (Å²) in [6.07, 6.45) is 1.70. The number of alkyl halides is 1. The maximum absolute atomic E-state index is 13.0. The Hall–Kier alpha value is -2.73. The SMILES string of the molecule is CC(C)(C)OC(=O)N(C(=O)OC(C)(C)C)c1nonc1-c1nc2c(Br)cnc(C(Cl)C3CC3)c2[nH]1. The van der Waals surface area contributed by atoms with Crippen molar-refractivity contribution in [3.05, 3.63) is 16.4 Å². The Labute approximate surface area is 215 Å². The minimum Gasteiger partial charge on any atom is -0.443 e. The summed E-state index contributed by atoms with van der Waals surface area (Å²) in [5.74, 6) is 0.310. The van der Waals surface area contributed by atoms with Crippen LogP contribution >= 0.6 is 27.5 Å². The van der Waals surface area contributed by atoms with Crippen LogP contribution in [-0.4, -0.2) is 48.7 Å². The molecule has 0 saturated heterocycles. The highest BCUT2D eigenvalue weighted by Gasteiger charge is 2.38. The minimum atomic E-state index is -1.00. The molecule has 3 aromatic heterocycles. The maximum Gasteiger partial charge on any atom is 0.425 e. The number of aromatic amines is 1. The van der Waals surface area contributed by atoms with Crippen molar-refractivity contribution in [2.45, 2.75) is 71.0 Å². The fourth-order valence-corrected chi connectivity index (χ4v) is 4.07. The number of halogens is 2. The Morgan fingerprint density at radius 3 is 2.29 bits per heavy atom. The van der Waals surface area contributed by atoms with Gasteiger partial charge in [-0.3, -0.25) is 4.98 Å². The van der Waals surface area contributed by atoms with E-state index in [1.165, 1.54) is 0 Å². The number of H-pyrrole nitrogens is 1. The third-order valence-corrected chi connectivity index (χ3v) is 6.00. The highest BCUT2D eigenvalue weighted by Crippen LogP contribution is 2.46. The lowest BCUT2D eigenvalue weighted by atomic mass is 10.1. The zero-order valence-corrected chi connectivity index (χ0v) is 22.5. The molecule has 3 aromatic rings. The first-order chi connectivity index (χ1) is 16.2. The number of rotatable bonds is 4. The van der Waals surface area contributed by atoms with Gasteiger partial charge in [0.25, 0.3) is 0 Å². The molecule has 0 radical (unpaired) electrons. The van der Waals surface area contributed by atoms with E-state index in [1.807, 2.05) is 0 Å². The molecule has 1 aliphatic rings. The molecule has 0 spiro atoms. The minimum absolute atomic E-state index is 0.00770. The van der Waals surface area contributed by atoms with Gasteiger partial charge >= 0.3 is 12.2 Å². The lowest BCUT2D eigenvalue weighted by Crippen LogP contribution is -2.44. The van der Waals surface area contributed by atoms with Crippen LogP contribution in [0, 0.1) is 5.92 Å². The number of hydrogen-bond donors (Lipinski definition) is 1. The predicted octanol–water partition coefficient (Wildman–Crippen LogP) is 6.14. The molecular weight excluding hydrogens is 544 g/mol. The lowest BCUT2D eigenvalue weighted by Gasteiger charge is -2.27. The third kappa shape index (κ3) is 5.58. The summed E-state index contributed by atoms with van der Waals surface area (Å²) in [5, 5.41) is 7.43. The van der Waals surface area contributed by atoms with Crippen LogP contribution in [0.2, 0.25) is 0 Å². The molecule has 1 fully saturated rings. The number of carbonyl (C=O) groups excluding carboxylic acids is 2. The molecular formula is C22H26BrClN6O5. The van der Waals surface area contributed by atoms with Gasteiger partial charge in [-0.15, -0.1) is 11.6 Å². The summed E-state index contributed by atoms with van der Waals surface area (Å²) in [4.78, 5) is 39.0. The van der Waals surface area contributed by atoms with E-state index in [-0.39, 0.29) is 22.7 Å². The maximum atomic E-state index is 13.0. The molecule has 188 valence electrons. The third-order valence-electron chi connectivity index (χ3n) is 4.86. The van der Waals surface area contributed by atoms with Gasteiger partial charge in [-0.2, -0.15) is 4.90 Å². The molecule has 1 unspecified atom stereocenters. The normalized spacial score (nSPS) is 15.2. The largest absolute Gasteiger partial charge is 0.443 e. The molecule has 35 heavy (non-hydrogen) atoms. The summed E-state index contributed by atoms with van der Waals surface area (Å²) in [6, 6.07) is 0. The van der Waals surface area contributed by atoms with Gasteiger partial charge in [-0.05, 0) is 86.5 Å². The zero-order valence-electron chi connectivity index (χ0n) is 20.2. The number of imidazole rings is 1. The van der Waals surface area contributed by atoms with Gasteiger partial charge in [0.2, 0.25) is 5.82 Å². The fourth-order valence-electron chi connectivity index (χ4n) is 3.26. The van der Waals surface area contributed by atoms with Crippen molar-refractivity contribution in [1.82, 2.24) is 25.3 Å². The van der Waals surface area contributed by atoms with E-state index in [0.717, 1.165) is 12.8 Å². The number of hydrogen-bond acceptors (Lipinski definition) is 9. The summed E-state index contributed by atoms with van der Waals surface area (Å²) in [7, 11) is 0. The number of amides is 2. The second kappa shape index (κ2) is 9.05. The van der Waals surface area contributed by atoms with Crippen molar-refractivity contribution < 1.29 is 23.7 Å². The molecule has 1 N–H and O–H groups in total. The van der Waals surface area contributed by atoms with E-state index in [0.29, 0.717) is 32.0 Å². The van der Waals surface area contributed by atoms with Crippen LogP contribution in [-0.2, 0) is 9.47 Å². The number of imide groups is 1. The van der Waals surface area contributed by atoms with Gasteiger partial charge in [-0.25, -0.2) is 19.2 Å². The monoisotopic (exact) mass is 568 g/mol. The molecule has 11 nitrogen and oxygen atoms in total. The van der Waals surface area contributed by atoms with E-state index >= 15 is 0 Å². The van der Waals surface area contributed by atoms with E-state index in [4.69, 9.17) is 25.7 Å². The molecule has 4 rings (SSSR count). The number of nitrogens with one attached hydrogen (secondary N) is 1. The van der Waals surface area contributed by atoms with Gasteiger partial charge in [0.05, 0.1) is 21.1 Å². The standard InChI is InChI=1S/C22H26BrClN6O5/c1-21(2,3)33-19(31)30(20(32)34-22(4,5)6)18-16(28-35-29-18)17-26-13-11(23)9-25-14(15(13)27-17)12(24)10-7-8-10/h9-10,12H,7-8H2,1-6H3,(H,26,27). The van der Waals surface area contributed by atoms with Crippen molar-refractivity contribution in [2.75, 3.05) is 4.90 Å². The van der Waals surface area contributed by atoms with Gasteiger partial charge in [0, 0.05) is 6.20 Å². The van der Waals surface area contributed by atoms with Gasteiger partial charge in [-0.1, -0.05) is 0 Å². The summed E-state index contributed by atoms with van der Waals surface area (Å²) >= 11 is 10.1. The number of aromatic nitrogens is 5. The van der Waals surface area contributed by atoms with Crippen molar-refractivity contribution in [3.8, 4) is 11.5 Å². The topological polar surface area (TPSA) is 136 Å². The molecule has 13 heteroatoms. The molecule has 2 amide bonds. The van der Waals surface area contributed by atoms with Crippen molar-refractivity contribution in [1.29, 1.82) is 0 Å². The van der Waals surface area contributed by atoms with E-state index in [2.05, 4.69) is 41.2 Å². The number of carbonyl (C=O) groups is 2. The molecule has 1 aliphatic carbocycles. The molecule has 0 aromatic carbocycles. The zero-order chi connectivity index (χ0) is 25.7. The fraction of sp³-hybridized carbons (Fsp3) is 0.545. The number of pyridine rings is 1. The predicted molar refractivity (Wildman–Crippen MR) is 131 cm³/mol. The van der Waals surface area contributed by atoms with Crippen LogP contribution in [0.3, 0.4) is 0 Å². The van der Waals surface area contributed by atoms with E-state index in [9.17, 15) is 9.59 Å². The van der Waals surface area contributed by atoms with Crippen LogP contribution < -0.4 is 4.90 Å². The number of fused-ring (bicyclic) bond motifs is 1. The number of ether oxygens (including phenoxy) is 2. The Morgan fingerprint density at radius 1 is 1.14 bits per heavy atom. The second-order valence-corrected chi connectivity index (χ2v) is 11.6. The van der Waals surface area contributed by atoms with Gasteiger partial charge in [0.1, 0.15) is 16.7 Å². The van der Waals surface area contributed by atoms with Gasteiger partial charge in [0.15, 0.2) is 11.5 Å². The Bertz CT molecular complexity index is 1250. The van der Waals surface area contributed by atoms with Crippen molar-refractivity contribution >= 4 is 56.6 Å². The van der Waals surface area contributed by atoms with Crippen molar-refractivity contribution in [3.63, 3.8) is 0 Å². The van der Waals surface area contributed by atoms with Crippen LogP contribution in [0.4, 0.5) is 15.4 Å². The quantitative estimate of drug-likeness (QED) is 0.367. The Balaban J connectivity index is 1.80. The molecule has 0 aliphatic heterocycles. The first-order valence-corrected chi connectivity index (χ1v) is 12.3. The second-order valence-electron chi connectivity index (χ2n) is 10.3. The highest BCUT2D eigenvalue weighted by molar-refractivity contribution is 9.10. The summed E-state index contributed by atoms with van der Waals surface area (Å²) in [6.45, 7) is 10.0. The molecule has 0 bridgehead atoms. The summed E-state index contributed by atoms with van der Waals surface area (Å²) in [5.41, 5.74) is 0.0474.